The Bertz CT molecular complexity index is 626. The van der Waals surface area contributed by atoms with Gasteiger partial charge in [-0.05, 0) is 38.3 Å². The fourth-order valence-electron chi connectivity index (χ4n) is 2.60. The Hall–Kier alpha value is -2.10. The number of nitrogens with zero attached hydrogens (tertiary/aromatic N) is 1. The molecule has 1 aromatic rings. The molecule has 0 aromatic heterocycles. The van der Waals surface area contributed by atoms with Gasteiger partial charge in [-0.3, -0.25) is 4.79 Å². The third-order valence-corrected chi connectivity index (χ3v) is 3.76. The molecule has 1 aliphatic rings. The predicted molar refractivity (Wildman–Crippen MR) is 91.5 cm³/mol. The number of ketones is 1. The van der Waals surface area contributed by atoms with Crippen molar-refractivity contribution in [2.24, 2.45) is 0 Å². The van der Waals surface area contributed by atoms with Gasteiger partial charge in [0.25, 0.3) is 0 Å². The molecule has 0 aliphatic carbocycles. The third kappa shape index (κ3) is 4.44. The first-order chi connectivity index (χ1) is 10.8. The van der Waals surface area contributed by atoms with Crippen LogP contribution in [0.3, 0.4) is 0 Å². The molecule has 1 aliphatic heterocycles. The van der Waals surface area contributed by atoms with E-state index in [4.69, 9.17) is 4.74 Å². The van der Waals surface area contributed by atoms with Gasteiger partial charge in [0.1, 0.15) is 5.60 Å². The van der Waals surface area contributed by atoms with E-state index in [0.29, 0.717) is 19.5 Å². The SMILES string of the molecule is CCC(=O)c1ccccc1C1=CCN(C(=O)OC(C)(C)C)CC1. The Morgan fingerprint density at radius 1 is 1.22 bits per heavy atom. The second-order valence-electron chi connectivity index (χ2n) is 6.73. The number of Topliss-reactive ketones (excluding diaryl/α,β-unsaturated/α-hetero) is 1. The number of carbonyl (C=O) groups is 2. The van der Waals surface area contributed by atoms with Crippen LogP contribution >= 0.6 is 0 Å². The van der Waals surface area contributed by atoms with Crippen molar-refractivity contribution in [2.75, 3.05) is 13.1 Å². The van der Waals surface area contributed by atoms with E-state index in [1.54, 1.807) is 4.90 Å². The van der Waals surface area contributed by atoms with Crippen LogP contribution in [0, 0.1) is 0 Å². The normalized spacial score (nSPS) is 15.1. The van der Waals surface area contributed by atoms with Crippen LogP contribution in [0.4, 0.5) is 4.79 Å². The monoisotopic (exact) mass is 315 g/mol. The lowest BCUT2D eigenvalue weighted by molar-refractivity contribution is 0.0270. The standard InChI is InChI=1S/C19H25NO3/c1-5-17(21)16-9-7-6-8-15(16)14-10-12-20(13-11-14)18(22)23-19(2,3)4/h6-10H,5,11-13H2,1-4H3. The fraction of sp³-hybridized carbons (Fsp3) is 0.474. The van der Waals surface area contributed by atoms with Gasteiger partial charge in [-0.1, -0.05) is 37.3 Å². The van der Waals surface area contributed by atoms with E-state index in [2.05, 4.69) is 0 Å². The van der Waals surface area contributed by atoms with Crippen molar-refractivity contribution in [3.63, 3.8) is 0 Å². The van der Waals surface area contributed by atoms with Crippen molar-refractivity contribution < 1.29 is 14.3 Å². The number of carbonyl (C=O) groups excluding carboxylic acids is 2. The molecule has 0 atom stereocenters. The van der Waals surface area contributed by atoms with Crippen molar-refractivity contribution >= 4 is 17.4 Å². The number of hydrogen-bond acceptors (Lipinski definition) is 3. The van der Waals surface area contributed by atoms with Crippen molar-refractivity contribution in [3.8, 4) is 0 Å². The van der Waals surface area contributed by atoms with Crippen molar-refractivity contribution in [2.45, 2.75) is 46.1 Å². The van der Waals surface area contributed by atoms with Gasteiger partial charge in [-0.25, -0.2) is 4.79 Å². The minimum absolute atomic E-state index is 0.149. The van der Waals surface area contributed by atoms with E-state index in [1.807, 2.05) is 58.0 Å². The fourth-order valence-corrected chi connectivity index (χ4v) is 2.60. The minimum Gasteiger partial charge on any atom is -0.444 e. The maximum atomic E-state index is 12.1. The van der Waals surface area contributed by atoms with Crippen LogP contribution < -0.4 is 0 Å². The van der Waals surface area contributed by atoms with Crippen molar-refractivity contribution in [1.29, 1.82) is 0 Å². The number of rotatable bonds is 3. The summed E-state index contributed by atoms with van der Waals surface area (Å²) in [7, 11) is 0. The van der Waals surface area contributed by atoms with E-state index in [9.17, 15) is 9.59 Å². The molecule has 1 amide bonds. The van der Waals surface area contributed by atoms with Crippen LogP contribution in [-0.4, -0.2) is 35.5 Å². The molecule has 0 spiro atoms. The summed E-state index contributed by atoms with van der Waals surface area (Å²) in [6.07, 6.45) is 2.96. The summed E-state index contributed by atoms with van der Waals surface area (Å²) in [6, 6.07) is 7.70. The highest BCUT2D eigenvalue weighted by atomic mass is 16.6. The quantitative estimate of drug-likeness (QED) is 0.781. The zero-order valence-electron chi connectivity index (χ0n) is 14.4. The van der Waals surface area contributed by atoms with Crippen LogP contribution in [0.1, 0.15) is 56.5 Å². The summed E-state index contributed by atoms with van der Waals surface area (Å²) in [4.78, 5) is 25.9. The van der Waals surface area contributed by atoms with Gasteiger partial charge < -0.3 is 9.64 Å². The first-order valence-electron chi connectivity index (χ1n) is 8.11. The van der Waals surface area contributed by atoms with Crippen molar-refractivity contribution in [1.82, 2.24) is 4.90 Å². The topological polar surface area (TPSA) is 46.6 Å². The van der Waals surface area contributed by atoms with Gasteiger partial charge in [0.2, 0.25) is 0 Å². The molecule has 0 radical (unpaired) electrons. The molecule has 23 heavy (non-hydrogen) atoms. The Kier molecular flexibility index (Phi) is 5.24. The molecule has 0 N–H and O–H groups in total. The molecular formula is C19H25NO3. The third-order valence-electron chi connectivity index (χ3n) is 3.76. The lowest BCUT2D eigenvalue weighted by Gasteiger charge is -2.30. The van der Waals surface area contributed by atoms with E-state index < -0.39 is 5.60 Å². The minimum atomic E-state index is -0.485. The van der Waals surface area contributed by atoms with Gasteiger partial charge in [0, 0.05) is 25.1 Å². The lowest BCUT2D eigenvalue weighted by Crippen LogP contribution is -2.39. The zero-order chi connectivity index (χ0) is 17.0. The van der Waals surface area contributed by atoms with Gasteiger partial charge in [-0.2, -0.15) is 0 Å². The molecular weight excluding hydrogens is 290 g/mol. The summed E-state index contributed by atoms with van der Waals surface area (Å²) in [5.41, 5.74) is 2.40. The van der Waals surface area contributed by atoms with Gasteiger partial charge in [0.15, 0.2) is 5.78 Å². The van der Waals surface area contributed by atoms with Crippen molar-refractivity contribution in [3.05, 3.63) is 41.5 Å². The molecule has 2 rings (SSSR count). The van der Waals surface area contributed by atoms with Crippen LogP contribution in [-0.2, 0) is 4.74 Å². The van der Waals surface area contributed by atoms with Gasteiger partial charge in [0.05, 0.1) is 0 Å². The molecule has 0 fully saturated rings. The van der Waals surface area contributed by atoms with Crippen LogP contribution in [0.15, 0.2) is 30.3 Å². The summed E-state index contributed by atoms with van der Waals surface area (Å²) in [5, 5.41) is 0. The first kappa shape index (κ1) is 17.3. The molecule has 0 saturated heterocycles. The average Bonchev–Trinajstić information content (AvgIpc) is 2.52. The molecule has 0 unspecified atom stereocenters. The van der Waals surface area contributed by atoms with E-state index in [1.165, 1.54) is 0 Å². The molecule has 0 saturated carbocycles. The lowest BCUT2D eigenvalue weighted by atomic mass is 9.92. The Labute approximate surface area is 138 Å². The van der Waals surface area contributed by atoms with E-state index >= 15 is 0 Å². The number of hydrogen-bond donors (Lipinski definition) is 0. The number of ether oxygens (including phenoxy) is 1. The summed E-state index contributed by atoms with van der Waals surface area (Å²) >= 11 is 0. The van der Waals surface area contributed by atoms with Gasteiger partial charge >= 0.3 is 6.09 Å². The number of amides is 1. The molecule has 0 bridgehead atoms. The Morgan fingerprint density at radius 2 is 1.91 bits per heavy atom. The highest BCUT2D eigenvalue weighted by Crippen LogP contribution is 2.27. The largest absolute Gasteiger partial charge is 0.444 e. The molecule has 1 heterocycles. The second-order valence-corrected chi connectivity index (χ2v) is 6.73. The second kappa shape index (κ2) is 6.99. The Balaban J connectivity index is 2.14. The van der Waals surface area contributed by atoms with Crippen LogP contribution in [0.25, 0.3) is 5.57 Å². The highest BCUT2D eigenvalue weighted by Gasteiger charge is 2.24. The highest BCUT2D eigenvalue weighted by molar-refractivity contribution is 6.00. The first-order valence-corrected chi connectivity index (χ1v) is 8.11. The molecule has 4 heteroatoms. The average molecular weight is 315 g/mol. The Morgan fingerprint density at radius 3 is 2.48 bits per heavy atom. The van der Waals surface area contributed by atoms with Crippen LogP contribution in [0.5, 0.6) is 0 Å². The maximum Gasteiger partial charge on any atom is 0.410 e. The predicted octanol–water partition coefficient (Wildman–Crippen LogP) is 4.30. The maximum absolute atomic E-state index is 12.1. The molecule has 1 aromatic carbocycles. The number of benzene rings is 1. The van der Waals surface area contributed by atoms with Crippen LogP contribution in [0.2, 0.25) is 0 Å². The van der Waals surface area contributed by atoms with Gasteiger partial charge in [-0.15, -0.1) is 0 Å². The summed E-state index contributed by atoms with van der Waals surface area (Å²) < 4.78 is 5.40. The molecule has 4 nitrogen and oxygen atoms in total. The van der Waals surface area contributed by atoms with E-state index in [-0.39, 0.29) is 11.9 Å². The zero-order valence-corrected chi connectivity index (χ0v) is 14.4. The van der Waals surface area contributed by atoms with E-state index in [0.717, 1.165) is 23.1 Å². The summed E-state index contributed by atoms with van der Waals surface area (Å²) in [5.74, 6) is 0.149. The smallest absolute Gasteiger partial charge is 0.410 e. The summed E-state index contributed by atoms with van der Waals surface area (Å²) in [6.45, 7) is 8.58. The molecule has 124 valence electrons.